The molecule has 2 aliphatic carbocycles. The topological polar surface area (TPSA) is 68.3 Å². The van der Waals surface area contributed by atoms with Gasteiger partial charge in [-0.25, -0.2) is 0 Å². The van der Waals surface area contributed by atoms with Crippen LogP contribution in [0.25, 0.3) is 6.08 Å². The standard InChI is InChI=1S/C31H33F3N2O5/c1-18(37)41-30-13-12-22(36(3)25(38)11-8-19-6-5-7-21(16-19)31(32,33)34)28-29(30)14-15-35(2)24(30)17-20-9-10-23(39-4)27(40-28)26(20)29/h5-11,16,22,24,28H,12-15,17H2,1-4H3/b11-8+/t22?,24-,28?,29+,30-/m1/s1. The maximum absolute atomic E-state index is 13.5. The maximum Gasteiger partial charge on any atom is 0.416 e. The molecule has 2 heterocycles. The van der Waals surface area contributed by atoms with Crippen LogP contribution >= 0.6 is 0 Å². The van der Waals surface area contributed by atoms with Crippen molar-refractivity contribution in [2.24, 2.45) is 0 Å². The summed E-state index contributed by atoms with van der Waals surface area (Å²) < 4.78 is 58.3. The summed E-state index contributed by atoms with van der Waals surface area (Å²) in [5, 5.41) is 0. The molecule has 0 aromatic heterocycles. The summed E-state index contributed by atoms with van der Waals surface area (Å²) in [5.41, 5.74) is 0.121. The number of piperidine rings is 1. The smallest absolute Gasteiger partial charge is 0.416 e. The summed E-state index contributed by atoms with van der Waals surface area (Å²) in [6, 6.07) is 8.40. The lowest BCUT2D eigenvalue weighted by atomic mass is 9.48. The molecule has 0 N–H and O–H groups in total. The van der Waals surface area contributed by atoms with Gasteiger partial charge in [0.25, 0.3) is 0 Å². The highest BCUT2D eigenvalue weighted by Crippen LogP contribution is 2.67. The van der Waals surface area contributed by atoms with E-state index in [-0.39, 0.29) is 29.5 Å². The van der Waals surface area contributed by atoms with E-state index in [0.717, 1.165) is 29.8 Å². The summed E-state index contributed by atoms with van der Waals surface area (Å²) in [6.07, 6.45) is 0.154. The summed E-state index contributed by atoms with van der Waals surface area (Å²) in [5.74, 6) is 0.534. The number of carbonyl (C=O) groups is 2. The first-order chi connectivity index (χ1) is 19.4. The third kappa shape index (κ3) is 3.97. The van der Waals surface area contributed by atoms with Crippen molar-refractivity contribution in [3.63, 3.8) is 0 Å². The zero-order chi connectivity index (χ0) is 29.3. The molecular weight excluding hydrogens is 537 g/mol. The molecule has 0 radical (unpaired) electrons. The Morgan fingerprint density at radius 3 is 2.68 bits per heavy atom. The molecule has 1 spiro atoms. The van der Waals surface area contributed by atoms with E-state index in [1.54, 1.807) is 19.1 Å². The number of methoxy groups -OCH3 is 1. The molecule has 2 bridgehead atoms. The Bertz CT molecular complexity index is 1440. The van der Waals surface area contributed by atoms with Crippen LogP contribution < -0.4 is 9.47 Å². The van der Waals surface area contributed by atoms with Crippen LogP contribution in [0.4, 0.5) is 13.2 Å². The van der Waals surface area contributed by atoms with E-state index in [1.165, 1.54) is 31.2 Å². The van der Waals surface area contributed by atoms with Crippen molar-refractivity contribution in [3.8, 4) is 11.5 Å². The minimum Gasteiger partial charge on any atom is -0.493 e. The number of likely N-dealkylation sites (tertiary alicyclic amines) is 1. The molecule has 7 nitrogen and oxygen atoms in total. The maximum atomic E-state index is 13.5. The van der Waals surface area contributed by atoms with Crippen LogP contribution in [0.15, 0.2) is 42.5 Å². The van der Waals surface area contributed by atoms with E-state index in [9.17, 15) is 22.8 Å². The second kappa shape index (κ2) is 9.51. The molecule has 2 fully saturated rings. The minimum absolute atomic E-state index is 0.0548. The van der Waals surface area contributed by atoms with E-state index in [4.69, 9.17) is 14.2 Å². The van der Waals surface area contributed by atoms with Crippen molar-refractivity contribution in [1.82, 2.24) is 9.80 Å². The van der Waals surface area contributed by atoms with E-state index >= 15 is 0 Å². The zero-order valence-corrected chi connectivity index (χ0v) is 23.5. The number of amides is 1. The molecule has 1 saturated heterocycles. The third-order valence-corrected chi connectivity index (χ3v) is 9.67. The van der Waals surface area contributed by atoms with Crippen LogP contribution in [-0.4, -0.2) is 73.2 Å². The molecule has 4 aliphatic rings. The van der Waals surface area contributed by atoms with Crippen LogP contribution in [0, 0.1) is 0 Å². The van der Waals surface area contributed by atoms with Crippen molar-refractivity contribution in [3.05, 3.63) is 64.7 Å². The number of esters is 1. The SMILES string of the molecule is COc1ccc2c3c1OC1C(N(C)C(=O)/C=C/c4cccc(C(F)(F)F)c4)CC[C@@]4(OC(C)=O)[C@@H](C2)N(C)CC[C@]314. The monoisotopic (exact) mass is 570 g/mol. The van der Waals surface area contributed by atoms with E-state index in [2.05, 4.69) is 18.0 Å². The van der Waals surface area contributed by atoms with Gasteiger partial charge < -0.3 is 19.1 Å². The Morgan fingerprint density at radius 2 is 1.98 bits per heavy atom. The fourth-order valence-corrected chi connectivity index (χ4v) is 7.97. The van der Waals surface area contributed by atoms with E-state index < -0.39 is 28.9 Å². The lowest BCUT2D eigenvalue weighted by Crippen LogP contribution is -2.78. The van der Waals surface area contributed by atoms with Gasteiger partial charge in [0.05, 0.1) is 30.2 Å². The number of likely N-dealkylation sites (N-methyl/N-ethyl adjacent to an activating group) is 2. The highest BCUT2D eigenvalue weighted by Gasteiger charge is 2.75. The number of nitrogens with zero attached hydrogens (tertiary/aromatic N) is 2. The largest absolute Gasteiger partial charge is 0.493 e. The number of hydrogen-bond donors (Lipinski definition) is 0. The molecule has 5 atom stereocenters. The Morgan fingerprint density at radius 1 is 1.20 bits per heavy atom. The number of carbonyl (C=O) groups excluding carboxylic acids is 2. The van der Waals surface area contributed by atoms with Gasteiger partial charge in [0.15, 0.2) is 11.5 Å². The molecule has 1 saturated carbocycles. The van der Waals surface area contributed by atoms with Gasteiger partial charge in [-0.3, -0.25) is 14.5 Å². The van der Waals surface area contributed by atoms with Gasteiger partial charge in [-0.15, -0.1) is 0 Å². The number of rotatable bonds is 5. The molecule has 218 valence electrons. The summed E-state index contributed by atoms with van der Waals surface area (Å²) >= 11 is 0. The average Bonchev–Trinajstić information content (AvgIpc) is 3.28. The summed E-state index contributed by atoms with van der Waals surface area (Å²) in [4.78, 5) is 30.0. The van der Waals surface area contributed by atoms with Crippen LogP contribution in [0.1, 0.15) is 48.4 Å². The molecule has 1 amide bonds. The van der Waals surface area contributed by atoms with Crippen molar-refractivity contribution in [2.45, 2.75) is 68.0 Å². The number of alkyl halides is 3. The van der Waals surface area contributed by atoms with Gasteiger partial charge in [0, 0.05) is 25.6 Å². The minimum atomic E-state index is -4.47. The van der Waals surface area contributed by atoms with E-state index in [1.807, 2.05) is 6.07 Å². The lowest BCUT2D eigenvalue weighted by Gasteiger charge is -2.65. The third-order valence-electron chi connectivity index (χ3n) is 9.67. The fraction of sp³-hybridized carbons (Fsp3) is 0.484. The Balaban J connectivity index is 1.39. The number of ether oxygens (including phenoxy) is 3. The summed E-state index contributed by atoms with van der Waals surface area (Å²) in [7, 11) is 5.34. The van der Waals surface area contributed by atoms with E-state index in [0.29, 0.717) is 37.2 Å². The highest BCUT2D eigenvalue weighted by atomic mass is 19.4. The fourth-order valence-electron chi connectivity index (χ4n) is 7.97. The van der Waals surface area contributed by atoms with Gasteiger partial charge in [0.2, 0.25) is 5.91 Å². The molecule has 2 unspecified atom stereocenters. The lowest BCUT2D eigenvalue weighted by molar-refractivity contribution is -0.220. The molecule has 2 aromatic carbocycles. The highest BCUT2D eigenvalue weighted by molar-refractivity contribution is 5.92. The molecule has 2 aliphatic heterocycles. The Labute approximate surface area is 236 Å². The Hall–Kier alpha value is -3.53. The van der Waals surface area contributed by atoms with Crippen molar-refractivity contribution >= 4 is 18.0 Å². The number of benzene rings is 2. The van der Waals surface area contributed by atoms with Crippen LogP contribution in [0.5, 0.6) is 11.5 Å². The summed E-state index contributed by atoms with van der Waals surface area (Å²) in [6.45, 7) is 2.21. The molecule has 2 aromatic rings. The van der Waals surface area contributed by atoms with Gasteiger partial charge in [-0.1, -0.05) is 18.2 Å². The van der Waals surface area contributed by atoms with Crippen LogP contribution in [-0.2, 0) is 32.3 Å². The second-order valence-corrected chi connectivity index (χ2v) is 11.6. The average molecular weight is 571 g/mol. The van der Waals surface area contributed by atoms with Gasteiger partial charge >= 0.3 is 12.1 Å². The molecule has 6 rings (SSSR count). The van der Waals surface area contributed by atoms with Crippen molar-refractivity contribution in [1.29, 1.82) is 0 Å². The van der Waals surface area contributed by atoms with Crippen LogP contribution in [0.2, 0.25) is 0 Å². The zero-order valence-electron chi connectivity index (χ0n) is 23.5. The number of hydrogen-bond acceptors (Lipinski definition) is 6. The quantitative estimate of drug-likeness (QED) is 0.387. The number of halogens is 3. The van der Waals surface area contributed by atoms with Crippen molar-refractivity contribution < 1.29 is 37.0 Å². The second-order valence-electron chi connectivity index (χ2n) is 11.6. The van der Waals surface area contributed by atoms with Crippen molar-refractivity contribution in [2.75, 3.05) is 27.7 Å². The van der Waals surface area contributed by atoms with Gasteiger partial charge in [-0.2, -0.15) is 13.2 Å². The normalized spacial score (nSPS) is 30.0. The molecular formula is C31H33F3N2O5. The molecule has 41 heavy (non-hydrogen) atoms. The van der Waals surface area contributed by atoms with Gasteiger partial charge in [-0.05, 0) is 74.7 Å². The first-order valence-electron chi connectivity index (χ1n) is 13.8. The molecule has 10 heteroatoms. The first-order valence-corrected chi connectivity index (χ1v) is 13.8. The first kappa shape index (κ1) is 27.6. The van der Waals surface area contributed by atoms with Gasteiger partial charge in [0.1, 0.15) is 11.7 Å². The Kier molecular flexibility index (Phi) is 6.41. The predicted molar refractivity (Wildman–Crippen MR) is 145 cm³/mol. The van der Waals surface area contributed by atoms with Crippen LogP contribution in [0.3, 0.4) is 0 Å². The predicted octanol–water partition coefficient (Wildman–Crippen LogP) is 4.61.